The molecule has 1 aliphatic rings. The zero-order chi connectivity index (χ0) is 16.8. The van der Waals surface area contributed by atoms with Crippen LogP contribution in [-0.2, 0) is 17.8 Å². The molecule has 0 atom stereocenters. The van der Waals surface area contributed by atoms with Gasteiger partial charge in [0.25, 0.3) is 0 Å². The fraction of sp³-hybridized carbons (Fsp3) is 0.333. The molecule has 23 heavy (non-hydrogen) atoms. The number of sulfonamides is 1. The SMILES string of the molecule is CC1(NS(=O)(=O)c2cc(F)c3cnc(C(=O)OI)n3c2)COC1. The van der Waals surface area contributed by atoms with Crippen LogP contribution in [0.25, 0.3) is 5.52 Å². The maximum atomic E-state index is 14.2. The van der Waals surface area contributed by atoms with Crippen molar-refractivity contribution in [2.75, 3.05) is 13.2 Å². The highest BCUT2D eigenvalue weighted by molar-refractivity contribution is 14.1. The number of nitrogens with zero attached hydrogens (tertiary/aromatic N) is 2. The third-order valence-electron chi connectivity index (χ3n) is 3.35. The number of halogens is 2. The second-order valence-corrected chi connectivity index (χ2v) is 7.51. The first-order chi connectivity index (χ1) is 10.8. The fourth-order valence-electron chi connectivity index (χ4n) is 2.21. The zero-order valence-electron chi connectivity index (χ0n) is 11.7. The van der Waals surface area contributed by atoms with E-state index in [-0.39, 0.29) is 29.5 Å². The first kappa shape index (κ1) is 16.5. The van der Waals surface area contributed by atoms with E-state index < -0.39 is 27.3 Å². The molecule has 2 aromatic rings. The van der Waals surface area contributed by atoms with Crippen LogP contribution in [0, 0.1) is 5.82 Å². The summed E-state index contributed by atoms with van der Waals surface area (Å²) in [7, 11) is -3.99. The number of hydrogen-bond donors (Lipinski definition) is 1. The number of carbonyl (C=O) groups excluding carboxylic acids is 1. The molecule has 3 rings (SSSR count). The largest absolute Gasteiger partial charge is 0.389 e. The Kier molecular flexibility index (Phi) is 4.06. The monoisotopic (exact) mass is 455 g/mol. The summed E-state index contributed by atoms with van der Waals surface area (Å²) >= 11 is 1.37. The fourth-order valence-corrected chi connectivity index (χ4v) is 3.80. The maximum Gasteiger partial charge on any atom is 0.384 e. The summed E-state index contributed by atoms with van der Waals surface area (Å²) in [5.41, 5.74) is -0.762. The Morgan fingerprint density at radius 1 is 1.57 bits per heavy atom. The molecule has 0 aromatic carbocycles. The molecule has 0 spiro atoms. The topological polar surface area (TPSA) is 99.0 Å². The molecular formula is C12H11FIN3O5S. The van der Waals surface area contributed by atoms with Gasteiger partial charge in [-0.15, -0.1) is 0 Å². The van der Waals surface area contributed by atoms with Crippen molar-refractivity contribution in [2.24, 2.45) is 0 Å². The Labute approximate surface area is 144 Å². The van der Waals surface area contributed by atoms with Crippen LogP contribution in [0.5, 0.6) is 0 Å². The van der Waals surface area contributed by atoms with Crippen molar-refractivity contribution >= 4 is 44.5 Å². The number of fused-ring (bicyclic) bond motifs is 1. The number of ether oxygens (including phenoxy) is 1. The van der Waals surface area contributed by atoms with E-state index in [0.717, 1.165) is 22.9 Å². The van der Waals surface area contributed by atoms with E-state index in [4.69, 9.17) is 4.74 Å². The number of imidazole rings is 1. The highest BCUT2D eigenvalue weighted by Gasteiger charge is 2.38. The van der Waals surface area contributed by atoms with E-state index in [2.05, 4.69) is 12.8 Å². The Balaban J connectivity index is 2.09. The summed E-state index contributed by atoms with van der Waals surface area (Å²) in [6, 6.07) is 0.876. The van der Waals surface area contributed by atoms with Crippen LogP contribution in [0.3, 0.4) is 0 Å². The van der Waals surface area contributed by atoms with Crippen molar-refractivity contribution in [3.63, 3.8) is 0 Å². The Hall–Kier alpha value is -1.31. The average molecular weight is 455 g/mol. The number of aromatic nitrogens is 2. The van der Waals surface area contributed by atoms with E-state index in [9.17, 15) is 17.6 Å². The van der Waals surface area contributed by atoms with Crippen LogP contribution in [0.4, 0.5) is 4.39 Å². The predicted octanol–water partition coefficient (Wildman–Crippen LogP) is 1.05. The van der Waals surface area contributed by atoms with Gasteiger partial charge in [-0.1, -0.05) is 0 Å². The van der Waals surface area contributed by atoms with Crippen molar-refractivity contribution in [1.82, 2.24) is 14.1 Å². The van der Waals surface area contributed by atoms with E-state index in [1.165, 1.54) is 23.0 Å². The lowest BCUT2D eigenvalue weighted by atomic mass is 10.0. The molecular weight excluding hydrogens is 444 g/mol. The molecule has 0 unspecified atom stereocenters. The summed E-state index contributed by atoms with van der Waals surface area (Å²) in [4.78, 5) is 15.1. The second-order valence-electron chi connectivity index (χ2n) is 5.38. The quantitative estimate of drug-likeness (QED) is 0.693. The van der Waals surface area contributed by atoms with E-state index >= 15 is 0 Å². The van der Waals surface area contributed by atoms with Gasteiger partial charge in [-0.25, -0.2) is 27.3 Å². The van der Waals surface area contributed by atoms with Gasteiger partial charge in [-0.2, -0.15) is 0 Å². The van der Waals surface area contributed by atoms with Crippen molar-refractivity contribution in [1.29, 1.82) is 0 Å². The number of nitrogens with one attached hydrogen (secondary N) is 1. The number of rotatable bonds is 4. The Morgan fingerprint density at radius 3 is 2.83 bits per heavy atom. The van der Waals surface area contributed by atoms with Crippen LogP contribution in [0.2, 0.25) is 0 Å². The van der Waals surface area contributed by atoms with E-state index in [1.54, 1.807) is 6.92 Å². The van der Waals surface area contributed by atoms with Gasteiger partial charge in [-0.05, 0) is 13.0 Å². The number of carbonyl (C=O) groups is 1. The van der Waals surface area contributed by atoms with Gasteiger partial charge in [0.15, 0.2) is 23.0 Å². The lowest BCUT2D eigenvalue weighted by molar-refractivity contribution is -0.0523. The van der Waals surface area contributed by atoms with Gasteiger partial charge >= 0.3 is 5.97 Å². The van der Waals surface area contributed by atoms with Crippen molar-refractivity contribution in [2.45, 2.75) is 17.4 Å². The molecule has 1 saturated heterocycles. The summed E-state index contributed by atoms with van der Waals surface area (Å²) in [6.45, 7) is 2.14. The second kappa shape index (κ2) is 5.65. The predicted molar refractivity (Wildman–Crippen MR) is 84.1 cm³/mol. The number of pyridine rings is 1. The minimum atomic E-state index is -3.99. The van der Waals surface area contributed by atoms with Gasteiger partial charge in [0.1, 0.15) is 16.2 Å². The molecule has 1 N–H and O–H groups in total. The van der Waals surface area contributed by atoms with Gasteiger partial charge in [0.05, 0.1) is 24.9 Å². The lowest BCUT2D eigenvalue weighted by Gasteiger charge is -2.38. The lowest BCUT2D eigenvalue weighted by Crippen LogP contribution is -2.59. The third kappa shape index (κ3) is 2.93. The normalized spacial score (nSPS) is 17.0. The average Bonchev–Trinajstić information content (AvgIpc) is 2.89. The van der Waals surface area contributed by atoms with Crippen molar-refractivity contribution < 1.29 is 25.4 Å². The Morgan fingerprint density at radius 2 is 2.26 bits per heavy atom. The maximum absolute atomic E-state index is 14.2. The van der Waals surface area contributed by atoms with Crippen molar-refractivity contribution in [3.8, 4) is 0 Å². The third-order valence-corrected chi connectivity index (χ3v) is 5.36. The molecule has 2 aromatic heterocycles. The van der Waals surface area contributed by atoms with Gasteiger partial charge in [0, 0.05) is 6.20 Å². The standard InChI is InChI=1S/C12H11FIN3O5S/c1-12(5-21-6-12)16-23(19,20)7-2-8(13)9-3-15-10(11(18)22-14)17(9)4-7/h2-4,16H,5-6H2,1H3. The van der Waals surface area contributed by atoms with Crippen LogP contribution in [0.1, 0.15) is 17.5 Å². The summed E-state index contributed by atoms with van der Waals surface area (Å²) < 4.78 is 52.0. The van der Waals surface area contributed by atoms with Crippen LogP contribution >= 0.6 is 23.0 Å². The minimum absolute atomic E-state index is 0.0288. The molecule has 1 aliphatic heterocycles. The van der Waals surface area contributed by atoms with Gasteiger partial charge in [-0.3, -0.25) is 4.40 Å². The molecule has 0 saturated carbocycles. The Bertz CT molecular complexity index is 893. The highest BCUT2D eigenvalue weighted by Crippen LogP contribution is 2.22. The van der Waals surface area contributed by atoms with E-state index in [1.807, 2.05) is 0 Å². The molecule has 8 nitrogen and oxygen atoms in total. The van der Waals surface area contributed by atoms with E-state index in [0.29, 0.717) is 0 Å². The smallest absolute Gasteiger partial charge is 0.384 e. The molecule has 0 bridgehead atoms. The molecule has 124 valence electrons. The summed E-state index contributed by atoms with van der Waals surface area (Å²) in [5, 5.41) is 0. The minimum Gasteiger partial charge on any atom is -0.389 e. The van der Waals surface area contributed by atoms with Crippen LogP contribution < -0.4 is 4.72 Å². The van der Waals surface area contributed by atoms with Gasteiger partial charge < -0.3 is 7.80 Å². The van der Waals surface area contributed by atoms with Crippen molar-refractivity contribution in [3.05, 3.63) is 30.1 Å². The zero-order valence-corrected chi connectivity index (χ0v) is 14.7. The first-order valence-corrected chi connectivity index (χ1v) is 8.73. The molecule has 0 amide bonds. The summed E-state index contributed by atoms with van der Waals surface area (Å²) in [5.74, 6) is -1.85. The highest BCUT2D eigenvalue weighted by atomic mass is 127. The van der Waals surface area contributed by atoms with Gasteiger partial charge in [0.2, 0.25) is 15.8 Å². The van der Waals surface area contributed by atoms with Crippen LogP contribution in [0.15, 0.2) is 23.4 Å². The molecule has 0 aliphatic carbocycles. The molecule has 0 radical (unpaired) electrons. The first-order valence-electron chi connectivity index (χ1n) is 6.37. The molecule has 11 heteroatoms. The number of hydrogen-bond acceptors (Lipinski definition) is 6. The van der Waals surface area contributed by atoms with Crippen LogP contribution in [-0.4, -0.2) is 42.5 Å². The molecule has 3 heterocycles. The summed E-state index contributed by atoms with van der Waals surface area (Å²) in [6.07, 6.45) is 2.25. The molecule has 1 fully saturated rings.